The average Bonchev–Trinajstić information content (AvgIpc) is 2.88. The maximum atomic E-state index is 12.1. The van der Waals surface area contributed by atoms with Crippen LogP contribution in [-0.2, 0) is 19.0 Å². The van der Waals surface area contributed by atoms with E-state index in [4.69, 9.17) is 14.2 Å². The predicted molar refractivity (Wildman–Crippen MR) is 75.8 cm³/mol. The zero-order chi connectivity index (χ0) is 15.7. The number of hydrogen-bond acceptors (Lipinski definition) is 5. The topological polar surface area (TPSA) is 77.2 Å². The summed E-state index contributed by atoms with van der Waals surface area (Å²) < 4.78 is 16.0. The van der Waals surface area contributed by atoms with Crippen LogP contribution in [-0.4, -0.2) is 43.0 Å². The van der Waals surface area contributed by atoms with Crippen molar-refractivity contribution in [2.24, 2.45) is 11.8 Å². The molecule has 2 aliphatic rings. The fourth-order valence-electron chi connectivity index (χ4n) is 2.75. The lowest BCUT2D eigenvalue weighted by Crippen LogP contribution is -2.40. The summed E-state index contributed by atoms with van der Waals surface area (Å²) in [5.41, 5.74) is -0.877. The van der Waals surface area contributed by atoms with Crippen LogP contribution in [0.2, 0.25) is 0 Å². The van der Waals surface area contributed by atoms with E-state index in [1.807, 2.05) is 6.92 Å². The van der Waals surface area contributed by atoms with Crippen molar-refractivity contribution in [1.82, 2.24) is 5.32 Å². The van der Waals surface area contributed by atoms with Crippen molar-refractivity contribution < 1.29 is 23.8 Å². The summed E-state index contributed by atoms with van der Waals surface area (Å²) in [6, 6.07) is 0. The number of carbonyl (C=O) groups is 2. The Morgan fingerprint density at radius 1 is 1.43 bits per heavy atom. The van der Waals surface area contributed by atoms with Crippen LogP contribution in [0, 0.1) is 11.8 Å². The highest BCUT2D eigenvalue weighted by Crippen LogP contribution is 2.43. The third kappa shape index (κ3) is 4.68. The lowest BCUT2D eigenvalue weighted by Gasteiger charge is -2.26. The van der Waals surface area contributed by atoms with Gasteiger partial charge in [0, 0.05) is 25.6 Å². The van der Waals surface area contributed by atoms with Crippen molar-refractivity contribution in [3.05, 3.63) is 0 Å². The predicted octanol–water partition coefficient (Wildman–Crippen LogP) is 1.87. The molecule has 2 heterocycles. The summed E-state index contributed by atoms with van der Waals surface area (Å²) in [6.45, 7) is 9.33. The molecule has 0 saturated carbocycles. The zero-order valence-corrected chi connectivity index (χ0v) is 13.2. The Bertz CT molecular complexity index is 405. The van der Waals surface area contributed by atoms with Crippen LogP contribution >= 0.6 is 0 Å². The van der Waals surface area contributed by atoms with E-state index in [9.17, 15) is 9.59 Å². The fraction of sp³-hybridized carbons (Fsp3) is 0.867. The van der Waals surface area contributed by atoms with Gasteiger partial charge in [0.25, 0.3) is 0 Å². The molecule has 6 heteroatoms. The molecule has 2 fully saturated rings. The third-order valence-electron chi connectivity index (χ3n) is 3.96. The van der Waals surface area contributed by atoms with E-state index >= 15 is 0 Å². The molecule has 6 nitrogen and oxygen atoms in total. The number of hydrogen-bond donors (Lipinski definition) is 1. The van der Waals surface area contributed by atoms with Crippen molar-refractivity contribution in [2.75, 3.05) is 19.8 Å². The number of rotatable bonds is 4. The smallest absolute Gasteiger partial charge is 0.414 e. The Hall–Kier alpha value is -1.14. The molecular weight excluding hydrogens is 274 g/mol. The van der Waals surface area contributed by atoms with Gasteiger partial charge in [0.15, 0.2) is 0 Å². The molecule has 0 aliphatic carbocycles. The molecule has 0 spiro atoms. The largest absolute Gasteiger partial charge is 0.444 e. The minimum absolute atomic E-state index is 0.0717. The molecule has 3 atom stereocenters. The second-order valence-electron chi connectivity index (χ2n) is 7.09. The number of carbonyl (C=O) groups excluding carboxylic acids is 2. The van der Waals surface area contributed by atoms with E-state index < -0.39 is 11.7 Å². The van der Waals surface area contributed by atoms with Gasteiger partial charge < -0.3 is 14.2 Å². The van der Waals surface area contributed by atoms with Crippen molar-refractivity contribution in [3.8, 4) is 0 Å². The molecule has 2 rings (SSSR count). The summed E-state index contributed by atoms with van der Waals surface area (Å²) in [5, 5.41) is 2.29. The monoisotopic (exact) mass is 299 g/mol. The summed E-state index contributed by atoms with van der Waals surface area (Å²) in [7, 11) is 0. The summed E-state index contributed by atoms with van der Waals surface area (Å²) in [5.74, 6) is 0.0576. The van der Waals surface area contributed by atoms with Crippen molar-refractivity contribution in [2.45, 2.75) is 51.7 Å². The summed E-state index contributed by atoms with van der Waals surface area (Å²) in [4.78, 5) is 23.7. The lowest BCUT2D eigenvalue weighted by molar-refractivity contribution is -0.122. The summed E-state index contributed by atoms with van der Waals surface area (Å²) in [6.07, 6.45) is 0.489. The van der Waals surface area contributed by atoms with Gasteiger partial charge in [-0.1, -0.05) is 0 Å². The molecule has 0 aromatic carbocycles. The van der Waals surface area contributed by atoms with Crippen LogP contribution in [0.25, 0.3) is 0 Å². The SMILES string of the molecule is CC(C)(C)OC(=O)NC(=O)C[C@@H]([C@H]1CCOC1)[C@]1(C)CO1. The molecule has 120 valence electrons. The van der Waals surface area contributed by atoms with Gasteiger partial charge in [-0.25, -0.2) is 4.79 Å². The molecule has 21 heavy (non-hydrogen) atoms. The Kier molecular flexibility index (Phi) is 4.58. The number of epoxide rings is 1. The highest BCUT2D eigenvalue weighted by atomic mass is 16.6. The van der Waals surface area contributed by atoms with E-state index in [2.05, 4.69) is 5.32 Å². The number of nitrogens with one attached hydrogen (secondary N) is 1. The van der Waals surface area contributed by atoms with E-state index in [0.29, 0.717) is 19.1 Å². The molecule has 1 N–H and O–H groups in total. The van der Waals surface area contributed by atoms with Gasteiger partial charge in [0.05, 0.1) is 12.2 Å². The number of alkyl carbamates (subject to hydrolysis) is 1. The Morgan fingerprint density at radius 3 is 2.57 bits per heavy atom. The Labute approximate surface area is 125 Å². The van der Waals surface area contributed by atoms with Gasteiger partial charge in [-0.2, -0.15) is 0 Å². The van der Waals surface area contributed by atoms with Crippen molar-refractivity contribution >= 4 is 12.0 Å². The van der Waals surface area contributed by atoms with E-state index in [1.54, 1.807) is 20.8 Å². The first-order valence-corrected chi connectivity index (χ1v) is 7.44. The quantitative estimate of drug-likeness (QED) is 0.802. The van der Waals surface area contributed by atoms with Crippen LogP contribution < -0.4 is 5.32 Å². The second-order valence-corrected chi connectivity index (χ2v) is 7.09. The van der Waals surface area contributed by atoms with Gasteiger partial charge in [0.2, 0.25) is 5.91 Å². The fourth-order valence-corrected chi connectivity index (χ4v) is 2.75. The van der Waals surface area contributed by atoms with Crippen LogP contribution in [0.4, 0.5) is 4.79 Å². The van der Waals surface area contributed by atoms with Crippen LogP contribution in [0.15, 0.2) is 0 Å². The summed E-state index contributed by atoms with van der Waals surface area (Å²) >= 11 is 0. The number of imide groups is 1. The van der Waals surface area contributed by atoms with E-state index in [1.165, 1.54) is 0 Å². The highest BCUT2D eigenvalue weighted by molar-refractivity contribution is 5.92. The normalized spacial score (nSPS) is 29.8. The molecule has 0 radical (unpaired) electrons. The second kappa shape index (κ2) is 5.93. The lowest BCUT2D eigenvalue weighted by atomic mass is 9.79. The minimum atomic E-state index is -0.698. The van der Waals surface area contributed by atoms with E-state index in [0.717, 1.165) is 13.0 Å². The van der Waals surface area contributed by atoms with Gasteiger partial charge in [-0.15, -0.1) is 0 Å². The van der Waals surface area contributed by atoms with Crippen molar-refractivity contribution in [3.63, 3.8) is 0 Å². The average molecular weight is 299 g/mol. The molecule has 0 bridgehead atoms. The third-order valence-corrected chi connectivity index (χ3v) is 3.96. The van der Waals surface area contributed by atoms with Crippen LogP contribution in [0.1, 0.15) is 40.5 Å². The molecule has 0 aromatic heterocycles. The van der Waals surface area contributed by atoms with Gasteiger partial charge >= 0.3 is 6.09 Å². The molecular formula is C15H25NO5. The van der Waals surface area contributed by atoms with Crippen molar-refractivity contribution in [1.29, 1.82) is 0 Å². The molecule has 2 amide bonds. The highest BCUT2D eigenvalue weighted by Gasteiger charge is 2.51. The van der Waals surface area contributed by atoms with Crippen LogP contribution in [0.3, 0.4) is 0 Å². The number of amides is 2. The van der Waals surface area contributed by atoms with Gasteiger partial charge in [-0.05, 0) is 40.0 Å². The molecule has 0 unspecified atom stereocenters. The Morgan fingerprint density at radius 2 is 2.10 bits per heavy atom. The molecule has 0 aromatic rings. The molecule has 2 aliphatic heterocycles. The standard InChI is InChI=1S/C15H25NO5/c1-14(2,3)21-13(18)16-12(17)7-11(15(4)9-20-15)10-5-6-19-8-10/h10-11H,5-9H2,1-4H3,(H,16,17,18)/t10-,11-,15-/m0/s1. The van der Waals surface area contributed by atoms with Gasteiger partial charge in [-0.3, -0.25) is 10.1 Å². The number of ether oxygens (including phenoxy) is 3. The van der Waals surface area contributed by atoms with Gasteiger partial charge in [0.1, 0.15) is 5.60 Å². The Balaban J connectivity index is 1.88. The maximum absolute atomic E-state index is 12.1. The maximum Gasteiger partial charge on any atom is 0.414 e. The molecule has 2 saturated heterocycles. The first-order valence-electron chi connectivity index (χ1n) is 7.44. The first-order chi connectivity index (χ1) is 9.70. The zero-order valence-electron chi connectivity index (χ0n) is 13.2. The van der Waals surface area contributed by atoms with E-state index in [-0.39, 0.29) is 23.8 Å². The minimum Gasteiger partial charge on any atom is -0.444 e. The van der Waals surface area contributed by atoms with Crippen LogP contribution in [0.5, 0.6) is 0 Å². The first kappa shape index (κ1) is 16.2.